The number of benzene rings is 1. The average Bonchev–Trinajstić information content (AvgIpc) is 3.43. The number of nitrogens with zero attached hydrogens (tertiary/aromatic N) is 4. The number of hydrogen-bond acceptors (Lipinski definition) is 5. The molecule has 6 nitrogen and oxygen atoms in total. The van der Waals surface area contributed by atoms with Crippen LogP contribution in [0.5, 0.6) is 0 Å². The van der Waals surface area contributed by atoms with Gasteiger partial charge in [0.2, 0.25) is 5.91 Å². The summed E-state index contributed by atoms with van der Waals surface area (Å²) in [6, 6.07) is 10.7. The van der Waals surface area contributed by atoms with Gasteiger partial charge in [0.15, 0.2) is 0 Å². The fraction of sp³-hybridized carbons (Fsp3) is 0.545. The molecule has 0 aliphatic carbocycles. The molecule has 0 spiro atoms. The van der Waals surface area contributed by atoms with E-state index in [-0.39, 0.29) is 18.5 Å². The lowest BCUT2D eigenvalue weighted by molar-refractivity contribution is -0.132. The van der Waals surface area contributed by atoms with Crippen molar-refractivity contribution in [3.63, 3.8) is 0 Å². The van der Waals surface area contributed by atoms with Gasteiger partial charge in [0.05, 0.1) is 12.6 Å². The Kier molecular flexibility index (Phi) is 5.09. The molecule has 0 radical (unpaired) electrons. The monoisotopic (exact) mass is 397 g/mol. The first-order valence-electron chi connectivity index (χ1n) is 10.7. The smallest absolute Gasteiger partial charge is 0.239 e. The second kappa shape index (κ2) is 7.88. The molecule has 3 saturated heterocycles. The van der Waals surface area contributed by atoms with Crippen molar-refractivity contribution in [3.05, 3.63) is 36.5 Å². The molecule has 1 aromatic carbocycles. The van der Waals surface area contributed by atoms with E-state index in [9.17, 15) is 9.18 Å². The van der Waals surface area contributed by atoms with E-state index >= 15 is 0 Å². The van der Waals surface area contributed by atoms with Crippen molar-refractivity contribution in [2.75, 3.05) is 50.7 Å². The second-order valence-electron chi connectivity index (χ2n) is 8.40. The summed E-state index contributed by atoms with van der Waals surface area (Å²) in [5.74, 6) is 1.14. The van der Waals surface area contributed by atoms with Gasteiger partial charge in [0.1, 0.15) is 12.0 Å². The Morgan fingerprint density at radius 2 is 1.93 bits per heavy atom. The molecule has 3 aliphatic heterocycles. The quantitative estimate of drug-likeness (QED) is 0.854. The largest absolute Gasteiger partial charge is 0.354 e. The van der Waals surface area contributed by atoms with Crippen molar-refractivity contribution in [2.45, 2.75) is 31.1 Å². The standard InChI is InChI=1S/C22H28FN5O/c23-17-6-8-28(15-17)22(29)20-13-18(14-25-20)26-9-11-27(12-10-26)21-19-4-2-1-3-16(19)5-7-24-21/h1-5,7,17-18,20,25H,6,8-15H2/t17?,18-,20-/m0/s1. The highest BCUT2D eigenvalue weighted by atomic mass is 19.1. The van der Waals surface area contributed by atoms with Gasteiger partial charge in [-0.2, -0.15) is 0 Å². The fourth-order valence-corrected chi connectivity index (χ4v) is 4.98. The topological polar surface area (TPSA) is 51.7 Å². The van der Waals surface area contributed by atoms with Crippen molar-refractivity contribution in [2.24, 2.45) is 0 Å². The van der Waals surface area contributed by atoms with Crippen molar-refractivity contribution < 1.29 is 9.18 Å². The lowest BCUT2D eigenvalue weighted by atomic mass is 10.1. The van der Waals surface area contributed by atoms with Crippen LogP contribution in [0.3, 0.4) is 0 Å². The van der Waals surface area contributed by atoms with Crippen molar-refractivity contribution >= 4 is 22.5 Å². The van der Waals surface area contributed by atoms with Crippen LogP contribution in [0.2, 0.25) is 0 Å². The number of alkyl halides is 1. The van der Waals surface area contributed by atoms with Crippen LogP contribution in [0.4, 0.5) is 10.2 Å². The third-order valence-electron chi connectivity index (χ3n) is 6.63. The molecule has 3 atom stereocenters. The number of carbonyl (C=O) groups excluding carboxylic acids is 1. The summed E-state index contributed by atoms with van der Waals surface area (Å²) in [7, 11) is 0. The second-order valence-corrected chi connectivity index (χ2v) is 8.40. The molecule has 1 N–H and O–H groups in total. The van der Waals surface area contributed by atoms with Gasteiger partial charge in [-0.1, -0.05) is 24.3 Å². The maximum Gasteiger partial charge on any atom is 0.239 e. The Morgan fingerprint density at radius 1 is 1.10 bits per heavy atom. The van der Waals surface area contributed by atoms with Gasteiger partial charge in [0.25, 0.3) is 0 Å². The SMILES string of the molecule is O=C([C@@H]1C[C@H](N2CCN(c3nccc4ccccc34)CC2)CN1)N1CCC(F)C1. The summed E-state index contributed by atoms with van der Waals surface area (Å²) in [5.41, 5.74) is 0. The number of fused-ring (bicyclic) bond motifs is 1. The van der Waals surface area contributed by atoms with Crippen LogP contribution in [0.15, 0.2) is 36.5 Å². The molecule has 4 heterocycles. The zero-order valence-corrected chi connectivity index (χ0v) is 16.6. The van der Waals surface area contributed by atoms with Crippen LogP contribution in [0.1, 0.15) is 12.8 Å². The molecule has 3 fully saturated rings. The summed E-state index contributed by atoms with van der Waals surface area (Å²) >= 11 is 0. The number of anilines is 1. The fourth-order valence-electron chi connectivity index (χ4n) is 4.98. The third-order valence-corrected chi connectivity index (χ3v) is 6.63. The van der Waals surface area contributed by atoms with Gasteiger partial charge < -0.3 is 15.1 Å². The summed E-state index contributed by atoms with van der Waals surface area (Å²) in [6.45, 7) is 5.45. The van der Waals surface area contributed by atoms with Crippen LogP contribution in [0.25, 0.3) is 10.8 Å². The number of halogens is 1. The number of carbonyl (C=O) groups is 1. The number of pyridine rings is 1. The highest BCUT2D eigenvalue weighted by Crippen LogP contribution is 2.26. The van der Waals surface area contributed by atoms with Gasteiger partial charge in [-0.25, -0.2) is 9.37 Å². The molecule has 1 amide bonds. The van der Waals surface area contributed by atoms with Gasteiger partial charge in [-0.3, -0.25) is 9.69 Å². The van der Waals surface area contributed by atoms with E-state index in [4.69, 9.17) is 0 Å². The lowest BCUT2D eigenvalue weighted by Crippen LogP contribution is -2.51. The first-order chi connectivity index (χ1) is 14.2. The number of hydrogen-bond donors (Lipinski definition) is 1. The Bertz CT molecular complexity index is 879. The first kappa shape index (κ1) is 18.8. The molecular formula is C22H28FN5O. The Balaban J connectivity index is 1.19. The van der Waals surface area contributed by atoms with E-state index < -0.39 is 6.17 Å². The molecule has 5 rings (SSSR count). The van der Waals surface area contributed by atoms with Crippen LogP contribution in [-0.4, -0.2) is 84.8 Å². The summed E-state index contributed by atoms with van der Waals surface area (Å²) in [5, 5.41) is 5.80. The Morgan fingerprint density at radius 3 is 2.72 bits per heavy atom. The normalized spacial score (nSPS) is 28.4. The number of likely N-dealkylation sites (tertiary alicyclic amines) is 1. The van der Waals surface area contributed by atoms with Gasteiger partial charge in [-0.05, 0) is 24.3 Å². The molecule has 2 aromatic rings. The molecule has 7 heteroatoms. The minimum absolute atomic E-state index is 0.0752. The van der Waals surface area contributed by atoms with Crippen LogP contribution >= 0.6 is 0 Å². The summed E-state index contributed by atoms with van der Waals surface area (Å²) in [6.07, 6.45) is 2.33. The lowest BCUT2D eigenvalue weighted by Gasteiger charge is -2.38. The number of piperazine rings is 1. The van der Waals surface area contributed by atoms with Crippen LogP contribution in [0, 0.1) is 0 Å². The number of amides is 1. The molecular weight excluding hydrogens is 369 g/mol. The molecule has 0 saturated carbocycles. The Labute approximate surface area is 170 Å². The van der Waals surface area contributed by atoms with E-state index in [1.165, 1.54) is 10.8 Å². The van der Waals surface area contributed by atoms with Crippen LogP contribution < -0.4 is 10.2 Å². The van der Waals surface area contributed by atoms with Crippen molar-refractivity contribution in [1.82, 2.24) is 20.1 Å². The highest BCUT2D eigenvalue weighted by Gasteiger charge is 2.38. The van der Waals surface area contributed by atoms with E-state index in [1.54, 1.807) is 4.90 Å². The average molecular weight is 397 g/mol. The Hall–Kier alpha value is -2.25. The number of aromatic nitrogens is 1. The van der Waals surface area contributed by atoms with Crippen molar-refractivity contribution in [3.8, 4) is 0 Å². The molecule has 1 unspecified atom stereocenters. The maximum absolute atomic E-state index is 13.4. The van der Waals surface area contributed by atoms with E-state index in [0.717, 1.165) is 45.0 Å². The minimum atomic E-state index is -0.855. The first-order valence-corrected chi connectivity index (χ1v) is 10.7. The summed E-state index contributed by atoms with van der Waals surface area (Å²) in [4.78, 5) is 23.8. The highest BCUT2D eigenvalue weighted by molar-refractivity contribution is 5.92. The predicted molar refractivity (Wildman–Crippen MR) is 112 cm³/mol. The van der Waals surface area contributed by atoms with E-state index in [1.807, 2.05) is 6.20 Å². The van der Waals surface area contributed by atoms with Gasteiger partial charge >= 0.3 is 0 Å². The number of nitrogens with one attached hydrogen (secondary N) is 1. The van der Waals surface area contributed by atoms with E-state index in [0.29, 0.717) is 19.0 Å². The van der Waals surface area contributed by atoms with Gasteiger partial charge in [-0.15, -0.1) is 0 Å². The zero-order chi connectivity index (χ0) is 19.8. The minimum Gasteiger partial charge on any atom is -0.354 e. The van der Waals surface area contributed by atoms with Crippen LogP contribution in [-0.2, 0) is 4.79 Å². The predicted octanol–water partition coefficient (Wildman–Crippen LogP) is 1.66. The summed E-state index contributed by atoms with van der Waals surface area (Å²) < 4.78 is 13.4. The van der Waals surface area contributed by atoms with E-state index in [2.05, 4.69) is 50.4 Å². The molecule has 1 aromatic heterocycles. The molecule has 29 heavy (non-hydrogen) atoms. The third kappa shape index (κ3) is 3.69. The maximum atomic E-state index is 13.4. The zero-order valence-electron chi connectivity index (χ0n) is 16.6. The molecule has 3 aliphatic rings. The van der Waals surface area contributed by atoms with Crippen molar-refractivity contribution in [1.29, 1.82) is 0 Å². The van der Waals surface area contributed by atoms with Gasteiger partial charge in [0, 0.05) is 56.9 Å². The number of rotatable bonds is 3. The molecule has 0 bridgehead atoms. The molecule has 154 valence electrons.